The van der Waals surface area contributed by atoms with E-state index < -0.39 is 0 Å². The van der Waals surface area contributed by atoms with Gasteiger partial charge in [-0.25, -0.2) is 9.37 Å². The van der Waals surface area contributed by atoms with Crippen molar-refractivity contribution in [3.63, 3.8) is 0 Å². The van der Waals surface area contributed by atoms with E-state index in [1.54, 1.807) is 17.5 Å². The molecule has 0 spiro atoms. The minimum atomic E-state index is -0.277. The van der Waals surface area contributed by atoms with Gasteiger partial charge in [0.1, 0.15) is 16.5 Å². The van der Waals surface area contributed by atoms with Crippen LogP contribution in [0.1, 0.15) is 42.6 Å². The number of halogens is 3. The van der Waals surface area contributed by atoms with Crippen molar-refractivity contribution < 1.29 is 9.18 Å². The maximum atomic E-state index is 13.0. The van der Waals surface area contributed by atoms with Crippen LogP contribution in [0, 0.1) is 17.7 Å². The summed E-state index contributed by atoms with van der Waals surface area (Å²) in [7, 11) is 0. The first-order chi connectivity index (χ1) is 12.1. The molecule has 2 bridgehead atoms. The summed E-state index contributed by atoms with van der Waals surface area (Å²) >= 11 is 1.41. The summed E-state index contributed by atoms with van der Waals surface area (Å²) in [6, 6.07) is 6.67. The lowest BCUT2D eigenvalue weighted by molar-refractivity contribution is 0.0752. The van der Waals surface area contributed by atoms with Gasteiger partial charge in [0.15, 0.2) is 0 Å². The second-order valence-corrected chi connectivity index (χ2v) is 8.08. The second kappa shape index (κ2) is 9.32. The van der Waals surface area contributed by atoms with Gasteiger partial charge in [0.25, 0.3) is 5.91 Å². The minimum Gasteiger partial charge on any atom is -0.347 e. The van der Waals surface area contributed by atoms with Crippen LogP contribution < -0.4 is 11.1 Å². The van der Waals surface area contributed by atoms with E-state index in [4.69, 9.17) is 5.73 Å². The molecule has 0 radical (unpaired) electrons. The summed E-state index contributed by atoms with van der Waals surface area (Å²) < 4.78 is 13.0. The van der Waals surface area contributed by atoms with E-state index in [-0.39, 0.29) is 48.6 Å². The summed E-state index contributed by atoms with van der Waals surface area (Å²) in [5.41, 5.74) is 7.42. The highest BCUT2D eigenvalue weighted by molar-refractivity contribution is 7.13. The van der Waals surface area contributed by atoms with Gasteiger partial charge in [-0.05, 0) is 61.8 Å². The molecule has 27 heavy (non-hydrogen) atoms. The Balaban J connectivity index is 0.00000131. The van der Waals surface area contributed by atoms with Gasteiger partial charge in [0, 0.05) is 23.0 Å². The Morgan fingerprint density at radius 3 is 2.41 bits per heavy atom. The smallest absolute Gasteiger partial charge is 0.271 e. The highest BCUT2D eigenvalue weighted by Crippen LogP contribution is 2.39. The fourth-order valence-electron chi connectivity index (χ4n) is 4.35. The third-order valence-electron chi connectivity index (χ3n) is 5.50. The zero-order valence-electron chi connectivity index (χ0n) is 14.8. The molecule has 2 fully saturated rings. The molecular formula is C19H24Cl2FN3OS. The number of fused-ring (bicyclic) bond motifs is 2. The average Bonchev–Trinajstić information content (AvgIpc) is 3.06. The van der Waals surface area contributed by atoms with Gasteiger partial charge in [0.05, 0.1) is 0 Å². The number of carbonyl (C=O) groups excluding carboxylic acids is 1. The lowest BCUT2D eigenvalue weighted by Gasteiger charge is -2.45. The largest absolute Gasteiger partial charge is 0.347 e. The summed E-state index contributed by atoms with van der Waals surface area (Å²) in [4.78, 5) is 17.1. The van der Waals surface area contributed by atoms with Crippen LogP contribution >= 0.6 is 36.2 Å². The Labute approximate surface area is 175 Å². The van der Waals surface area contributed by atoms with E-state index in [1.807, 2.05) is 0 Å². The van der Waals surface area contributed by atoms with Crippen molar-refractivity contribution >= 4 is 42.1 Å². The Morgan fingerprint density at radius 2 is 1.78 bits per heavy atom. The molecule has 1 aromatic carbocycles. The van der Waals surface area contributed by atoms with Crippen molar-refractivity contribution in [2.45, 2.75) is 44.2 Å². The Kier molecular flexibility index (Phi) is 7.63. The molecule has 1 aromatic heterocycles. The van der Waals surface area contributed by atoms with Crippen molar-refractivity contribution in [1.29, 1.82) is 0 Å². The zero-order valence-corrected chi connectivity index (χ0v) is 17.2. The number of hydrogen-bond donors (Lipinski definition) is 2. The van der Waals surface area contributed by atoms with E-state index in [1.165, 1.54) is 29.9 Å². The number of rotatable bonds is 3. The van der Waals surface area contributed by atoms with Gasteiger partial charge in [-0.3, -0.25) is 4.79 Å². The molecule has 2 unspecified atom stereocenters. The average molecular weight is 432 g/mol. The van der Waals surface area contributed by atoms with E-state index in [0.717, 1.165) is 36.3 Å². The SMILES string of the molecule is Cl.Cl.NC1CC2CCCC(C1)C2NC(=O)c1csc(-c2ccc(F)cc2)n1. The molecule has 4 rings (SSSR count). The van der Waals surface area contributed by atoms with Gasteiger partial charge < -0.3 is 11.1 Å². The van der Waals surface area contributed by atoms with Gasteiger partial charge in [-0.1, -0.05) is 6.42 Å². The first-order valence-corrected chi connectivity index (χ1v) is 9.76. The van der Waals surface area contributed by atoms with Crippen molar-refractivity contribution in [2.75, 3.05) is 0 Å². The number of hydrogen-bond acceptors (Lipinski definition) is 4. The molecule has 2 saturated carbocycles. The van der Waals surface area contributed by atoms with E-state index >= 15 is 0 Å². The number of nitrogens with two attached hydrogens (primary N) is 1. The lowest BCUT2D eigenvalue weighted by Crippen LogP contribution is -2.53. The first-order valence-electron chi connectivity index (χ1n) is 8.88. The predicted molar refractivity (Wildman–Crippen MR) is 111 cm³/mol. The monoisotopic (exact) mass is 431 g/mol. The Hall–Kier alpha value is -1.21. The number of thiazole rings is 1. The summed E-state index contributed by atoms with van der Waals surface area (Å²) in [6.07, 6.45) is 5.53. The molecule has 2 aliphatic carbocycles. The summed E-state index contributed by atoms with van der Waals surface area (Å²) in [5, 5.41) is 5.73. The maximum Gasteiger partial charge on any atom is 0.271 e. The number of aromatic nitrogens is 1. The number of nitrogens with zero attached hydrogens (tertiary/aromatic N) is 1. The van der Waals surface area contributed by atoms with Gasteiger partial charge in [0.2, 0.25) is 0 Å². The quantitative estimate of drug-likeness (QED) is 0.754. The Bertz CT molecular complexity index is 757. The number of carbonyl (C=O) groups is 1. The maximum absolute atomic E-state index is 13.0. The van der Waals surface area contributed by atoms with Crippen LogP contribution in [0.15, 0.2) is 29.6 Å². The molecule has 2 aliphatic rings. The van der Waals surface area contributed by atoms with Crippen LogP contribution in [0.25, 0.3) is 10.6 Å². The van der Waals surface area contributed by atoms with Crippen LogP contribution in [-0.2, 0) is 0 Å². The normalized spacial score (nSPS) is 26.4. The fraction of sp³-hybridized carbons (Fsp3) is 0.474. The van der Waals surface area contributed by atoms with Crippen molar-refractivity contribution in [3.8, 4) is 10.6 Å². The molecular weight excluding hydrogens is 408 g/mol. The summed E-state index contributed by atoms with van der Waals surface area (Å²) in [5.74, 6) is 0.589. The van der Waals surface area contributed by atoms with Crippen molar-refractivity contribution in [2.24, 2.45) is 17.6 Å². The molecule has 1 heterocycles. The number of benzene rings is 1. The Morgan fingerprint density at radius 1 is 1.15 bits per heavy atom. The van der Waals surface area contributed by atoms with E-state index in [9.17, 15) is 9.18 Å². The number of nitrogens with one attached hydrogen (secondary N) is 1. The van der Waals surface area contributed by atoms with Crippen molar-refractivity contribution in [3.05, 3.63) is 41.2 Å². The molecule has 0 saturated heterocycles. The van der Waals surface area contributed by atoms with E-state index in [0.29, 0.717) is 17.5 Å². The molecule has 0 aliphatic heterocycles. The molecule has 148 valence electrons. The fourth-order valence-corrected chi connectivity index (χ4v) is 5.16. The van der Waals surface area contributed by atoms with Gasteiger partial charge in [-0.15, -0.1) is 36.2 Å². The third kappa shape index (κ3) is 4.80. The molecule has 2 aromatic rings. The van der Waals surface area contributed by atoms with Crippen LogP contribution in [0.3, 0.4) is 0 Å². The standard InChI is InChI=1S/C19H22FN3OS.2ClH/c20-14-6-4-11(5-7-14)19-22-16(10-25-19)18(24)23-17-12-2-1-3-13(17)9-15(21)8-12;;/h4-7,10,12-13,15,17H,1-3,8-9,21H2,(H,23,24);2*1H. The third-order valence-corrected chi connectivity index (χ3v) is 6.39. The van der Waals surface area contributed by atoms with Gasteiger partial charge >= 0.3 is 0 Å². The van der Waals surface area contributed by atoms with Crippen LogP contribution in [0.4, 0.5) is 4.39 Å². The molecule has 3 N–H and O–H groups in total. The second-order valence-electron chi connectivity index (χ2n) is 7.23. The van der Waals surface area contributed by atoms with Crippen LogP contribution in [-0.4, -0.2) is 23.0 Å². The highest BCUT2D eigenvalue weighted by atomic mass is 35.5. The predicted octanol–water partition coefficient (Wildman–Crippen LogP) is 4.43. The number of amides is 1. The minimum absolute atomic E-state index is 0. The lowest BCUT2D eigenvalue weighted by atomic mass is 9.67. The molecule has 1 amide bonds. The van der Waals surface area contributed by atoms with Crippen LogP contribution in [0.2, 0.25) is 0 Å². The highest BCUT2D eigenvalue weighted by Gasteiger charge is 2.40. The van der Waals surface area contributed by atoms with Crippen LogP contribution in [0.5, 0.6) is 0 Å². The molecule has 4 nitrogen and oxygen atoms in total. The molecule has 2 atom stereocenters. The van der Waals surface area contributed by atoms with Crippen molar-refractivity contribution in [1.82, 2.24) is 10.3 Å². The zero-order chi connectivity index (χ0) is 17.4. The van der Waals surface area contributed by atoms with E-state index in [2.05, 4.69) is 10.3 Å². The first kappa shape index (κ1) is 22.1. The topological polar surface area (TPSA) is 68.0 Å². The summed E-state index contributed by atoms with van der Waals surface area (Å²) in [6.45, 7) is 0. The molecule has 8 heteroatoms. The van der Waals surface area contributed by atoms with Gasteiger partial charge in [-0.2, -0.15) is 0 Å².